The number of rotatable bonds is 6. The first-order valence-corrected chi connectivity index (χ1v) is 8.26. The zero-order valence-electron chi connectivity index (χ0n) is 14.1. The third-order valence-electron chi connectivity index (χ3n) is 4.60. The predicted molar refractivity (Wildman–Crippen MR) is 89.3 cm³/mol. The minimum Gasteiger partial charge on any atom is -0.480 e. The molecule has 0 bridgehead atoms. The number of likely N-dealkylation sites (tertiary alicyclic amines) is 1. The number of carboxylic acid groups (broad SMARTS) is 1. The van der Waals surface area contributed by atoms with E-state index in [-0.39, 0.29) is 5.91 Å². The molecule has 0 saturated carbocycles. The smallest absolute Gasteiger partial charge is 0.326 e. The fraction of sp³-hybridized carbons (Fsp3) is 0.556. The Kier molecular flexibility index (Phi) is 5.77. The molecule has 2 rings (SSSR count). The Balaban J connectivity index is 2.07. The second-order valence-electron chi connectivity index (χ2n) is 6.61. The van der Waals surface area contributed by atoms with Crippen molar-refractivity contribution in [2.45, 2.75) is 52.2 Å². The number of benzene rings is 1. The number of hydrogen-bond acceptors (Lipinski definition) is 3. The number of hydrogen-bond donors (Lipinski definition) is 2. The first kappa shape index (κ1) is 17.5. The standard InChI is InChI=1S/C18H26N2O3/c1-12(2)13(3)19-11-14-6-4-7-15(10-14)17(21)20-9-5-8-16(20)18(22)23/h4,6-7,10,12-13,16,19H,5,8-9,11H2,1-3H3,(H,22,23)/t13?,16-/m1/s1. The maximum Gasteiger partial charge on any atom is 0.326 e. The summed E-state index contributed by atoms with van der Waals surface area (Å²) in [6.07, 6.45) is 1.28. The van der Waals surface area contributed by atoms with Gasteiger partial charge in [-0.05, 0) is 43.4 Å². The van der Waals surface area contributed by atoms with Crippen molar-refractivity contribution in [1.82, 2.24) is 10.2 Å². The highest BCUT2D eigenvalue weighted by molar-refractivity contribution is 5.97. The van der Waals surface area contributed by atoms with Crippen LogP contribution in [0.4, 0.5) is 0 Å². The third kappa shape index (κ3) is 4.32. The average molecular weight is 318 g/mol. The molecule has 126 valence electrons. The molecule has 0 radical (unpaired) electrons. The number of aliphatic carboxylic acids is 1. The minimum absolute atomic E-state index is 0.186. The number of carboxylic acids is 1. The molecule has 1 aromatic carbocycles. The molecule has 1 saturated heterocycles. The third-order valence-corrected chi connectivity index (χ3v) is 4.60. The summed E-state index contributed by atoms with van der Waals surface area (Å²) in [5.41, 5.74) is 1.60. The van der Waals surface area contributed by atoms with Gasteiger partial charge in [0.25, 0.3) is 5.91 Å². The number of nitrogens with zero attached hydrogens (tertiary/aromatic N) is 1. The lowest BCUT2D eigenvalue weighted by Crippen LogP contribution is -2.40. The van der Waals surface area contributed by atoms with Gasteiger partial charge in [-0.2, -0.15) is 0 Å². The largest absolute Gasteiger partial charge is 0.480 e. The number of carbonyl (C=O) groups excluding carboxylic acids is 1. The Morgan fingerprint density at radius 3 is 2.74 bits per heavy atom. The zero-order valence-corrected chi connectivity index (χ0v) is 14.1. The molecule has 1 amide bonds. The maximum atomic E-state index is 12.6. The molecule has 1 unspecified atom stereocenters. The van der Waals surface area contributed by atoms with Gasteiger partial charge in [-0.1, -0.05) is 26.0 Å². The Labute approximate surface area is 137 Å². The van der Waals surface area contributed by atoms with Gasteiger partial charge in [0.1, 0.15) is 6.04 Å². The van der Waals surface area contributed by atoms with E-state index >= 15 is 0 Å². The van der Waals surface area contributed by atoms with Crippen LogP contribution >= 0.6 is 0 Å². The Morgan fingerprint density at radius 2 is 2.09 bits per heavy atom. The molecule has 5 heteroatoms. The molecule has 1 fully saturated rings. The second kappa shape index (κ2) is 7.59. The van der Waals surface area contributed by atoms with E-state index in [2.05, 4.69) is 26.1 Å². The van der Waals surface area contributed by atoms with Crippen LogP contribution < -0.4 is 5.32 Å². The molecule has 1 aromatic rings. The zero-order chi connectivity index (χ0) is 17.0. The van der Waals surface area contributed by atoms with E-state index in [4.69, 9.17) is 0 Å². The Bertz CT molecular complexity index is 571. The van der Waals surface area contributed by atoms with Gasteiger partial charge in [0.15, 0.2) is 0 Å². The maximum absolute atomic E-state index is 12.6. The van der Waals surface area contributed by atoms with Gasteiger partial charge in [0, 0.05) is 24.7 Å². The minimum atomic E-state index is -0.917. The van der Waals surface area contributed by atoms with E-state index < -0.39 is 12.0 Å². The highest BCUT2D eigenvalue weighted by Gasteiger charge is 2.34. The van der Waals surface area contributed by atoms with Gasteiger partial charge < -0.3 is 15.3 Å². The van der Waals surface area contributed by atoms with Crippen molar-refractivity contribution in [2.24, 2.45) is 5.92 Å². The number of nitrogens with one attached hydrogen (secondary N) is 1. The van der Waals surface area contributed by atoms with Crippen molar-refractivity contribution in [1.29, 1.82) is 0 Å². The summed E-state index contributed by atoms with van der Waals surface area (Å²) in [4.78, 5) is 25.3. The molecule has 2 atom stereocenters. The lowest BCUT2D eigenvalue weighted by atomic mass is 10.1. The predicted octanol–water partition coefficient (Wildman–Crippen LogP) is 2.51. The fourth-order valence-corrected chi connectivity index (χ4v) is 2.76. The fourth-order valence-electron chi connectivity index (χ4n) is 2.76. The molecule has 2 N–H and O–H groups in total. The van der Waals surface area contributed by atoms with Crippen LogP contribution in [0.2, 0.25) is 0 Å². The number of amides is 1. The van der Waals surface area contributed by atoms with Crippen molar-refractivity contribution < 1.29 is 14.7 Å². The Morgan fingerprint density at radius 1 is 1.35 bits per heavy atom. The highest BCUT2D eigenvalue weighted by Crippen LogP contribution is 2.21. The SMILES string of the molecule is CC(C)C(C)NCc1cccc(C(=O)N2CCC[C@@H]2C(=O)O)c1. The van der Waals surface area contributed by atoms with E-state index in [1.165, 1.54) is 4.90 Å². The van der Waals surface area contributed by atoms with Crippen LogP contribution in [0.25, 0.3) is 0 Å². The molecule has 1 aliphatic heterocycles. The highest BCUT2D eigenvalue weighted by atomic mass is 16.4. The second-order valence-corrected chi connectivity index (χ2v) is 6.61. The summed E-state index contributed by atoms with van der Waals surface area (Å²) in [6, 6.07) is 7.16. The van der Waals surface area contributed by atoms with Crippen LogP contribution in [0.1, 0.15) is 49.5 Å². The van der Waals surface area contributed by atoms with Gasteiger partial charge in [-0.25, -0.2) is 4.79 Å². The van der Waals surface area contributed by atoms with E-state index in [1.807, 2.05) is 18.2 Å². The summed E-state index contributed by atoms with van der Waals surface area (Å²) in [7, 11) is 0. The number of carbonyl (C=O) groups is 2. The molecule has 1 aliphatic rings. The van der Waals surface area contributed by atoms with Crippen LogP contribution in [0.15, 0.2) is 24.3 Å². The van der Waals surface area contributed by atoms with Gasteiger partial charge in [-0.15, -0.1) is 0 Å². The van der Waals surface area contributed by atoms with Gasteiger partial charge in [0.2, 0.25) is 0 Å². The lowest BCUT2D eigenvalue weighted by molar-refractivity contribution is -0.141. The normalized spacial score (nSPS) is 19.1. The first-order chi connectivity index (χ1) is 10.9. The van der Waals surface area contributed by atoms with Crippen LogP contribution in [-0.4, -0.2) is 40.5 Å². The van der Waals surface area contributed by atoms with Crippen LogP contribution in [0.5, 0.6) is 0 Å². The van der Waals surface area contributed by atoms with Gasteiger partial charge in [0.05, 0.1) is 0 Å². The van der Waals surface area contributed by atoms with Crippen molar-refractivity contribution in [3.8, 4) is 0 Å². The lowest BCUT2D eigenvalue weighted by Gasteiger charge is -2.22. The summed E-state index contributed by atoms with van der Waals surface area (Å²) in [6.45, 7) is 7.68. The van der Waals surface area contributed by atoms with Gasteiger partial charge in [-0.3, -0.25) is 4.79 Å². The average Bonchev–Trinajstić information content (AvgIpc) is 3.01. The van der Waals surface area contributed by atoms with Crippen molar-refractivity contribution >= 4 is 11.9 Å². The van der Waals surface area contributed by atoms with E-state index in [0.29, 0.717) is 37.0 Å². The topological polar surface area (TPSA) is 69.6 Å². The summed E-state index contributed by atoms with van der Waals surface area (Å²) < 4.78 is 0. The molecule has 0 aromatic heterocycles. The molecule has 0 spiro atoms. The Hall–Kier alpha value is -1.88. The van der Waals surface area contributed by atoms with E-state index in [9.17, 15) is 14.7 Å². The molecular weight excluding hydrogens is 292 g/mol. The van der Waals surface area contributed by atoms with Crippen LogP contribution in [0.3, 0.4) is 0 Å². The van der Waals surface area contributed by atoms with Crippen molar-refractivity contribution in [3.63, 3.8) is 0 Å². The van der Waals surface area contributed by atoms with Crippen molar-refractivity contribution in [3.05, 3.63) is 35.4 Å². The molecule has 0 aliphatic carbocycles. The first-order valence-electron chi connectivity index (χ1n) is 8.26. The molecule has 23 heavy (non-hydrogen) atoms. The van der Waals surface area contributed by atoms with Gasteiger partial charge >= 0.3 is 5.97 Å². The van der Waals surface area contributed by atoms with E-state index in [1.54, 1.807) is 6.07 Å². The summed E-state index contributed by atoms with van der Waals surface area (Å²) in [5.74, 6) is -0.561. The van der Waals surface area contributed by atoms with Crippen molar-refractivity contribution in [2.75, 3.05) is 6.54 Å². The molecule has 5 nitrogen and oxygen atoms in total. The summed E-state index contributed by atoms with van der Waals surface area (Å²) in [5, 5.41) is 12.7. The van der Waals surface area contributed by atoms with Crippen LogP contribution in [0, 0.1) is 5.92 Å². The van der Waals surface area contributed by atoms with Crippen LogP contribution in [-0.2, 0) is 11.3 Å². The molecule has 1 heterocycles. The summed E-state index contributed by atoms with van der Waals surface area (Å²) >= 11 is 0. The van der Waals surface area contributed by atoms with E-state index in [0.717, 1.165) is 12.0 Å². The quantitative estimate of drug-likeness (QED) is 0.845. The molecular formula is C18H26N2O3. The monoisotopic (exact) mass is 318 g/mol.